The van der Waals surface area contributed by atoms with E-state index >= 15 is 0 Å². The number of benzene rings is 2. The third-order valence-corrected chi connectivity index (χ3v) is 3.50. The molecule has 2 rings (SSSR count). The molecular formula is C18H22O3. The van der Waals surface area contributed by atoms with Crippen molar-refractivity contribution in [3.05, 3.63) is 42.0 Å². The second-order valence-electron chi connectivity index (χ2n) is 4.85. The summed E-state index contributed by atoms with van der Waals surface area (Å²) in [7, 11) is 5.02. The Hall–Kier alpha value is -2.16. The molecule has 0 amide bonds. The molecule has 0 saturated carbocycles. The summed E-state index contributed by atoms with van der Waals surface area (Å²) in [5.41, 5.74) is 3.30. The van der Waals surface area contributed by atoms with E-state index in [4.69, 9.17) is 14.2 Å². The third kappa shape index (κ3) is 3.30. The van der Waals surface area contributed by atoms with Gasteiger partial charge < -0.3 is 14.2 Å². The monoisotopic (exact) mass is 286 g/mol. The number of rotatable bonds is 6. The summed E-state index contributed by atoms with van der Waals surface area (Å²) >= 11 is 0. The molecule has 3 heteroatoms. The van der Waals surface area contributed by atoms with Crippen LogP contribution in [0.3, 0.4) is 0 Å². The van der Waals surface area contributed by atoms with Crippen molar-refractivity contribution < 1.29 is 14.2 Å². The van der Waals surface area contributed by atoms with Crippen LogP contribution in [0.15, 0.2) is 36.4 Å². The minimum Gasteiger partial charge on any atom is -0.497 e. The molecule has 0 heterocycles. The summed E-state index contributed by atoms with van der Waals surface area (Å²) in [5.74, 6) is 2.44. The van der Waals surface area contributed by atoms with Gasteiger partial charge in [-0.3, -0.25) is 0 Å². The van der Waals surface area contributed by atoms with Gasteiger partial charge in [0.2, 0.25) is 0 Å². The van der Waals surface area contributed by atoms with Gasteiger partial charge in [0.1, 0.15) is 17.2 Å². The Morgan fingerprint density at radius 1 is 0.762 bits per heavy atom. The zero-order valence-corrected chi connectivity index (χ0v) is 13.1. The molecule has 3 nitrogen and oxygen atoms in total. The molecule has 0 fully saturated rings. The van der Waals surface area contributed by atoms with Crippen LogP contribution in [-0.4, -0.2) is 21.3 Å². The molecule has 2 aromatic carbocycles. The predicted octanol–water partition coefficient (Wildman–Crippen LogP) is 4.33. The lowest BCUT2D eigenvalue weighted by atomic mass is 9.99. The fourth-order valence-electron chi connectivity index (χ4n) is 2.43. The Morgan fingerprint density at radius 2 is 1.38 bits per heavy atom. The average molecular weight is 286 g/mol. The van der Waals surface area contributed by atoms with Gasteiger partial charge in [0.15, 0.2) is 0 Å². The second-order valence-corrected chi connectivity index (χ2v) is 4.85. The molecule has 0 radical (unpaired) electrons. The van der Waals surface area contributed by atoms with E-state index in [0.717, 1.165) is 41.2 Å². The number of methoxy groups -OCH3 is 3. The summed E-state index contributed by atoms with van der Waals surface area (Å²) in [6.45, 7) is 2.18. The van der Waals surface area contributed by atoms with Crippen molar-refractivity contribution in [2.45, 2.75) is 19.8 Å². The third-order valence-electron chi connectivity index (χ3n) is 3.50. The largest absolute Gasteiger partial charge is 0.497 e. The van der Waals surface area contributed by atoms with Crippen LogP contribution >= 0.6 is 0 Å². The maximum atomic E-state index is 5.51. The van der Waals surface area contributed by atoms with Crippen molar-refractivity contribution in [2.24, 2.45) is 0 Å². The van der Waals surface area contributed by atoms with Crippen molar-refractivity contribution in [2.75, 3.05) is 21.3 Å². The van der Waals surface area contributed by atoms with Crippen LogP contribution < -0.4 is 14.2 Å². The van der Waals surface area contributed by atoms with Crippen molar-refractivity contribution >= 4 is 0 Å². The van der Waals surface area contributed by atoms with Gasteiger partial charge in [-0.15, -0.1) is 0 Å². The van der Waals surface area contributed by atoms with E-state index in [1.54, 1.807) is 21.3 Å². The first-order valence-corrected chi connectivity index (χ1v) is 7.12. The standard InChI is InChI=1S/C18H22O3/c1-5-6-13-7-9-17(20-3)15(11-13)16-12-14(19-2)8-10-18(16)21-4/h7-12H,5-6H2,1-4H3. The molecular weight excluding hydrogens is 264 g/mol. The van der Waals surface area contributed by atoms with E-state index in [1.807, 2.05) is 24.3 Å². The van der Waals surface area contributed by atoms with Gasteiger partial charge in [0.05, 0.1) is 21.3 Å². The number of hydrogen-bond donors (Lipinski definition) is 0. The minimum atomic E-state index is 0.800. The van der Waals surface area contributed by atoms with E-state index in [0.29, 0.717) is 0 Å². The zero-order chi connectivity index (χ0) is 15.2. The Morgan fingerprint density at radius 3 is 1.95 bits per heavy atom. The van der Waals surface area contributed by atoms with E-state index in [-0.39, 0.29) is 0 Å². The lowest BCUT2D eigenvalue weighted by Crippen LogP contribution is -1.95. The van der Waals surface area contributed by atoms with Crippen LogP contribution in [0.1, 0.15) is 18.9 Å². The molecule has 0 bridgehead atoms. The van der Waals surface area contributed by atoms with Crippen molar-refractivity contribution in [3.63, 3.8) is 0 Å². The highest BCUT2D eigenvalue weighted by atomic mass is 16.5. The Bertz CT molecular complexity index is 605. The molecule has 0 unspecified atom stereocenters. The molecule has 0 aliphatic carbocycles. The number of hydrogen-bond acceptors (Lipinski definition) is 3. The molecule has 2 aromatic rings. The summed E-state index contributed by atoms with van der Waals surface area (Å²) in [5, 5.41) is 0. The Kier molecular flexibility index (Phi) is 5.09. The van der Waals surface area contributed by atoms with Crippen molar-refractivity contribution in [1.82, 2.24) is 0 Å². The number of aryl methyl sites for hydroxylation is 1. The Balaban J connectivity index is 2.60. The summed E-state index contributed by atoms with van der Waals surface area (Å²) in [6.07, 6.45) is 2.16. The van der Waals surface area contributed by atoms with Gasteiger partial charge >= 0.3 is 0 Å². The normalized spacial score (nSPS) is 10.3. The quantitative estimate of drug-likeness (QED) is 0.791. The Labute approximate surface area is 126 Å². The van der Waals surface area contributed by atoms with Gasteiger partial charge in [0.25, 0.3) is 0 Å². The highest BCUT2D eigenvalue weighted by molar-refractivity contribution is 5.77. The van der Waals surface area contributed by atoms with E-state index in [2.05, 4.69) is 19.1 Å². The predicted molar refractivity (Wildman–Crippen MR) is 85.5 cm³/mol. The SMILES string of the molecule is CCCc1ccc(OC)c(-c2cc(OC)ccc2OC)c1. The van der Waals surface area contributed by atoms with E-state index in [1.165, 1.54) is 5.56 Å². The molecule has 0 N–H and O–H groups in total. The number of ether oxygens (including phenoxy) is 3. The zero-order valence-electron chi connectivity index (χ0n) is 13.1. The van der Waals surface area contributed by atoms with Gasteiger partial charge in [-0.05, 0) is 42.3 Å². The van der Waals surface area contributed by atoms with Crippen molar-refractivity contribution in [3.8, 4) is 28.4 Å². The highest BCUT2D eigenvalue weighted by Crippen LogP contribution is 2.39. The van der Waals surface area contributed by atoms with E-state index in [9.17, 15) is 0 Å². The first-order valence-electron chi connectivity index (χ1n) is 7.12. The summed E-state index contributed by atoms with van der Waals surface area (Å²) < 4.78 is 16.3. The first-order chi connectivity index (χ1) is 10.2. The fourth-order valence-corrected chi connectivity index (χ4v) is 2.43. The smallest absolute Gasteiger partial charge is 0.127 e. The molecule has 21 heavy (non-hydrogen) atoms. The van der Waals surface area contributed by atoms with Crippen LogP contribution in [0.25, 0.3) is 11.1 Å². The van der Waals surface area contributed by atoms with Gasteiger partial charge in [-0.1, -0.05) is 19.4 Å². The van der Waals surface area contributed by atoms with Crippen LogP contribution in [0, 0.1) is 0 Å². The lowest BCUT2D eigenvalue weighted by molar-refractivity contribution is 0.402. The fraction of sp³-hybridized carbons (Fsp3) is 0.333. The molecule has 0 aromatic heterocycles. The minimum absolute atomic E-state index is 0.800. The molecule has 112 valence electrons. The molecule has 0 saturated heterocycles. The molecule has 0 aliphatic rings. The average Bonchev–Trinajstić information content (AvgIpc) is 2.54. The van der Waals surface area contributed by atoms with Gasteiger partial charge in [-0.2, -0.15) is 0 Å². The molecule has 0 spiro atoms. The van der Waals surface area contributed by atoms with Crippen LogP contribution in [-0.2, 0) is 6.42 Å². The van der Waals surface area contributed by atoms with Gasteiger partial charge in [0, 0.05) is 11.1 Å². The van der Waals surface area contributed by atoms with E-state index < -0.39 is 0 Å². The van der Waals surface area contributed by atoms with Crippen LogP contribution in [0.4, 0.5) is 0 Å². The summed E-state index contributed by atoms with van der Waals surface area (Å²) in [4.78, 5) is 0. The lowest BCUT2D eigenvalue weighted by Gasteiger charge is -2.15. The molecule has 0 aliphatic heterocycles. The second kappa shape index (κ2) is 7.02. The first kappa shape index (κ1) is 15.2. The van der Waals surface area contributed by atoms with Crippen LogP contribution in [0.2, 0.25) is 0 Å². The van der Waals surface area contributed by atoms with Crippen LogP contribution in [0.5, 0.6) is 17.2 Å². The maximum absolute atomic E-state index is 5.51. The summed E-state index contributed by atoms with van der Waals surface area (Å²) in [6, 6.07) is 12.1. The van der Waals surface area contributed by atoms with Gasteiger partial charge in [-0.25, -0.2) is 0 Å². The van der Waals surface area contributed by atoms with Crippen molar-refractivity contribution in [1.29, 1.82) is 0 Å². The topological polar surface area (TPSA) is 27.7 Å². The molecule has 0 atom stereocenters. The maximum Gasteiger partial charge on any atom is 0.127 e. The highest BCUT2D eigenvalue weighted by Gasteiger charge is 2.13.